The van der Waals surface area contributed by atoms with Gasteiger partial charge in [-0.1, -0.05) is 0 Å². The van der Waals surface area contributed by atoms with E-state index >= 15 is 0 Å². The highest BCUT2D eigenvalue weighted by Crippen LogP contribution is 2.23. The second kappa shape index (κ2) is 3.30. The lowest BCUT2D eigenvalue weighted by Crippen LogP contribution is -1.93. The molecule has 0 fully saturated rings. The minimum Gasteiger partial charge on any atom is -0.294 e. The number of Topliss-reactive ketones (excluding diaryl/α,β-unsaturated/α-hetero) is 1. The molecule has 0 unspecified atom stereocenters. The lowest BCUT2D eigenvalue weighted by atomic mass is 10.2. The Labute approximate surface area is 84.4 Å². The smallest absolute Gasteiger partial charge is 0.191 e. The van der Waals surface area contributed by atoms with Gasteiger partial charge in [-0.15, -0.1) is 16.4 Å². The summed E-state index contributed by atoms with van der Waals surface area (Å²) < 4.78 is 1.56. The Balaban J connectivity index is 2.43. The van der Waals surface area contributed by atoms with Gasteiger partial charge in [0.15, 0.2) is 11.6 Å². The first kappa shape index (κ1) is 9.01. The number of thiophene rings is 1. The van der Waals surface area contributed by atoms with E-state index in [0.29, 0.717) is 11.4 Å². The van der Waals surface area contributed by atoms with Crippen LogP contribution in [0.5, 0.6) is 0 Å². The largest absolute Gasteiger partial charge is 0.294 e. The van der Waals surface area contributed by atoms with Crippen molar-refractivity contribution in [3.8, 4) is 10.7 Å². The van der Waals surface area contributed by atoms with Crippen LogP contribution in [-0.2, 0) is 7.05 Å². The maximum atomic E-state index is 11.0. The van der Waals surface area contributed by atoms with E-state index < -0.39 is 0 Å². The van der Waals surface area contributed by atoms with Crippen molar-refractivity contribution >= 4 is 17.1 Å². The molecule has 5 nitrogen and oxygen atoms in total. The highest BCUT2D eigenvalue weighted by atomic mass is 32.1. The second-order valence-corrected chi connectivity index (χ2v) is 3.66. The Hall–Kier alpha value is -1.56. The third kappa shape index (κ3) is 1.44. The van der Waals surface area contributed by atoms with E-state index in [1.165, 1.54) is 18.3 Å². The number of carbonyl (C=O) groups is 1. The number of ketones is 1. The third-order valence-electron chi connectivity index (χ3n) is 1.77. The third-order valence-corrected chi connectivity index (χ3v) is 2.61. The van der Waals surface area contributed by atoms with Gasteiger partial charge >= 0.3 is 0 Å². The summed E-state index contributed by atoms with van der Waals surface area (Å²) in [7, 11) is 1.75. The van der Waals surface area contributed by atoms with Crippen molar-refractivity contribution in [1.29, 1.82) is 0 Å². The molecule has 0 spiro atoms. The Morgan fingerprint density at radius 1 is 1.64 bits per heavy atom. The first-order valence-corrected chi connectivity index (χ1v) is 4.75. The molecule has 14 heavy (non-hydrogen) atoms. The first-order chi connectivity index (χ1) is 6.68. The zero-order valence-electron chi connectivity index (χ0n) is 7.68. The Bertz CT molecular complexity index is 473. The monoisotopic (exact) mass is 207 g/mol. The fourth-order valence-electron chi connectivity index (χ4n) is 1.02. The molecule has 6 heteroatoms. The zero-order chi connectivity index (χ0) is 10.1. The van der Waals surface area contributed by atoms with E-state index in [2.05, 4.69) is 20.9 Å². The number of carbonyl (C=O) groups excluding carboxylic acids is 1. The first-order valence-electron chi connectivity index (χ1n) is 3.93. The van der Waals surface area contributed by atoms with E-state index in [4.69, 9.17) is 0 Å². The summed E-state index contributed by atoms with van der Waals surface area (Å²) in [5.74, 6) is 0.654. The maximum absolute atomic E-state index is 11.0. The van der Waals surface area contributed by atoms with E-state index in [1.54, 1.807) is 17.8 Å². The fourth-order valence-corrected chi connectivity index (χ4v) is 1.89. The van der Waals surface area contributed by atoms with Crippen LogP contribution < -0.4 is 0 Å². The molecule has 2 aromatic heterocycles. The van der Waals surface area contributed by atoms with Gasteiger partial charge in [0.25, 0.3) is 0 Å². The molecule has 0 amide bonds. The van der Waals surface area contributed by atoms with Gasteiger partial charge in [0.2, 0.25) is 0 Å². The summed E-state index contributed by atoms with van der Waals surface area (Å²) in [6.07, 6.45) is 0. The molecule has 0 aliphatic heterocycles. The van der Waals surface area contributed by atoms with E-state index in [9.17, 15) is 4.79 Å². The molecule has 0 bridgehead atoms. The normalized spacial score (nSPS) is 10.4. The van der Waals surface area contributed by atoms with Crippen LogP contribution in [0.25, 0.3) is 10.7 Å². The van der Waals surface area contributed by atoms with Gasteiger partial charge in [-0.05, 0) is 23.4 Å². The molecule has 0 saturated carbocycles. The van der Waals surface area contributed by atoms with Gasteiger partial charge in [0.1, 0.15) is 0 Å². The molecule has 0 saturated heterocycles. The number of nitrogens with zero attached hydrogens (tertiary/aromatic N) is 4. The van der Waals surface area contributed by atoms with Crippen LogP contribution in [0.4, 0.5) is 0 Å². The number of hydrogen-bond acceptors (Lipinski definition) is 5. The summed E-state index contributed by atoms with van der Waals surface area (Å²) >= 11 is 1.34. The minimum atomic E-state index is 0.00243. The van der Waals surface area contributed by atoms with Gasteiger partial charge in [-0.25, -0.2) is 4.68 Å². The minimum absolute atomic E-state index is 0.00243. The topological polar surface area (TPSA) is 60.7 Å². The number of tetrazole rings is 1. The van der Waals surface area contributed by atoms with Crippen LogP contribution in [-0.4, -0.2) is 26.0 Å². The van der Waals surface area contributed by atoms with Crippen molar-refractivity contribution in [2.45, 2.75) is 6.92 Å². The van der Waals surface area contributed by atoms with Crippen molar-refractivity contribution in [3.05, 3.63) is 17.0 Å². The van der Waals surface area contributed by atoms with Crippen molar-refractivity contribution < 1.29 is 4.79 Å². The van der Waals surface area contributed by atoms with Gasteiger partial charge in [-0.3, -0.25) is 4.79 Å². The lowest BCUT2D eigenvalue weighted by Gasteiger charge is -1.91. The number of rotatable bonds is 2. The van der Waals surface area contributed by atoms with Crippen LogP contribution in [0.15, 0.2) is 6.07 Å². The van der Waals surface area contributed by atoms with Crippen molar-refractivity contribution in [2.24, 2.45) is 7.05 Å². The molecular weight excluding hydrogens is 200 g/mol. The number of aryl methyl sites for hydroxylation is 1. The quantitative estimate of drug-likeness (QED) is 0.688. The second-order valence-electron chi connectivity index (χ2n) is 2.81. The average Bonchev–Trinajstić information content (AvgIpc) is 2.71. The Kier molecular flexibility index (Phi) is 2.12. The molecule has 2 aromatic rings. The molecule has 0 N–H and O–H groups in total. The van der Waals surface area contributed by atoms with Gasteiger partial charge in [0, 0.05) is 12.6 Å². The summed E-state index contributed by atoms with van der Waals surface area (Å²) in [5, 5.41) is 14.0. The van der Waals surface area contributed by atoms with Gasteiger partial charge in [0.05, 0.1) is 10.3 Å². The molecule has 2 heterocycles. The Morgan fingerprint density at radius 2 is 2.43 bits per heavy atom. The predicted molar refractivity (Wildman–Crippen MR) is 51.0 cm³/mol. The molecule has 71 valence electrons. The van der Waals surface area contributed by atoms with Crippen LogP contribution in [0.1, 0.15) is 17.3 Å². The van der Waals surface area contributed by atoms with Gasteiger partial charge in [-0.2, -0.15) is 0 Å². The molecule has 0 aromatic carbocycles. The van der Waals surface area contributed by atoms with Crippen LogP contribution in [0.2, 0.25) is 0 Å². The predicted octanol–water partition coefficient (Wildman–Crippen LogP) is 0.941. The summed E-state index contributed by atoms with van der Waals surface area (Å²) in [6, 6.07) is 1.75. The van der Waals surface area contributed by atoms with E-state index in [-0.39, 0.29) is 5.78 Å². The summed E-state index contributed by atoms with van der Waals surface area (Å²) in [6.45, 7) is 1.51. The molecule has 2 rings (SSSR count). The molecule has 0 aliphatic carbocycles. The van der Waals surface area contributed by atoms with Crippen molar-refractivity contribution in [2.75, 3.05) is 0 Å². The molecule has 0 aliphatic rings. The SMILES string of the molecule is CC(=O)c1[c]sc(-c2nnnn2C)c1. The average molecular weight is 207 g/mol. The molecule has 1 radical (unpaired) electrons. The summed E-state index contributed by atoms with van der Waals surface area (Å²) in [5.41, 5.74) is 0.577. The van der Waals surface area contributed by atoms with E-state index in [1.807, 2.05) is 0 Å². The Morgan fingerprint density at radius 3 is 2.93 bits per heavy atom. The molecular formula is C8H7N4OS. The van der Waals surface area contributed by atoms with E-state index in [0.717, 1.165) is 4.88 Å². The number of aromatic nitrogens is 4. The van der Waals surface area contributed by atoms with Gasteiger partial charge < -0.3 is 0 Å². The summed E-state index contributed by atoms with van der Waals surface area (Å²) in [4.78, 5) is 11.9. The number of hydrogen-bond donors (Lipinski definition) is 0. The molecule has 0 atom stereocenters. The van der Waals surface area contributed by atoms with Crippen LogP contribution >= 0.6 is 11.3 Å². The highest BCUT2D eigenvalue weighted by Gasteiger charge is 2.10. The fraction of sp³-hybridized carbons (Fsp3) is 0.250. The van der Waals surface area contributed by atoms with Crippen molar-refractivity contribution in [3.63, 3.8) is 0 Å². The lowest BCUT2D eigenvalue weighted by molar-refractivity contribution is 0.101. The standard InChI is InChI=1S/C8H7N4OS/c1-5(13)6-3-7(14-4-6)8-9-10-11-12(8)2/h3H,1-2H3. The maximum Gasteiger partial charge on any atom is 0.191 e. The van der Waals surface area contributed by atoms with Crippen molar-refractivity contribution in [1.82, 2.24) is 20.2 Å². The highest BCUT2D eigenvalue weighted by molar-refractivity contribution is 7.13. The van der Waals surface area contributed by atoms with Crippen LogP contribution in [0, 0.1) is 5.38 Å². The zero-order valence-corrected chi connectivity index (χ0v) is 8.50. The van der Waals surface area contributed by atoms with Crippen LogP contribution in [0.3, 0.4) is 0 Å².